The van der Waals surface area contributed by atoms with Gasteiger partial charge in [0, 0.05) is 0 Å². The zero-order valence-corrected chi connectivity index (χ0v) is 10.2. The van der Waals surface area contributed by atoms with Crippen LogP contribution in [0.15, 0.2) is 47.1 Å². The molecule has 7 heteroatoms. The van der Waals surface area contributed by atoms with E-state index in [2.05, 4.69) is 10.3 Å². The number of hydrogen-bond acceptors (Lipinski definition) is 5. The van der Waals surface area contributed by atoms with Crippen molar-refractivity contribution in [3.63, 3.8) is 0 Å². The lowest BCUT2D eigenvalue weighted by Crippen LogP contribution is -2.03. The third-order valence-electron chi connectivity index (χ3n) is 2.82. The Morgan fingerprint density at radius 1 is 1.25 bits per heavy atom. The fourth-order valence-electron chi connectivity index (χ4n) is 1.81. The highest BCUT2D eigenvalue weighted by molar-refractivity contribution is 5.87. The number of carboxylic acids is 1. The van der Waals surface area contributed by atoms with Gasteiger partial charge in [-0.05, 0) is 36.4 Å². The third-order valence-corrected chi connectivity index (χ3v) is 2.82. The summed E-state index contributed by atoms with van der Waals surface area (Å²) >= 11 is 0. The Bertz CT molecular complexity index is 745. The molecule has 20 heavy (non-hydrogen) atoms. The number of carbonyl (C=O) groups is 1. The summed E-state index contributed by atoms with van der Waals surface area (Å²) < 4.78 is 6.65. The van der Waals surface area contributed by atoms with Crippen molar-refractivity contribution in [1.82, 2.24) is 15.0 Å². The van der Waals surface area contributed by atoms with Gasteiger partial charge < -0.3 is 15.3 Å². The number of hydrogen-bond donors (Lipinski definition) is 2. The normalized spacial score (nSPS) is 10.6. The van der Waals surface area contributed by atoms with Crippen molar-refractivity contribution in [2.75, 3.05) is 5.73 Å². The zero-order valence-electron chi connectivity index (χ0n) is 10.2. The number of aromatic nitrogens is 3. The number of nitrogens with zero attached hydrogens (tertiary/aromatic N) is 3. The van der Waals surface area contributed by atoms with Gasteiger partial charge in [0.05, 0.1) is 17.5 Å². The zero-order chi connectivity index (χ0) is 14.1. The van der Waals surface area contributed by atoms with Crippen LogP contribution in [-0.4, -0.2) is 26.1 Å². The van der Waals surface area contributed by atoms with Crippen molar-refractivity contribution in [1.29, 1.82) is 0 Å². The Hall–Kier alpha value is -3.09. The summed E-state index contributed by atoms with van der Waals surface area (Å²) in [5.74, 6) is -0.140. The quantitative estimate of drug-likeness (QED) is 0.751. The first-order valence-electron chi connectivity index (χ1n) is 5.75. The molecule has 0 saturated carbocycles. The van der Waals surface area contributed by atoms with Crippen LogP contribution in [0.1, 0.15) is 10.4 Å². The monoisotopic (exact) mass is 270 g/mol. The second kappa shape index (κ2) is 4.54. The summed E-state index contributed by atoms with van der Waals surface area (Å²) in [7, 11) is 0. The summed E-state index contributed by atoms with van der Waals surface area (Å²) in [5, 5.41) is 16.8. The van der Waals surface area contributed by atoms with E-state index in [1.54, 1.807) is 24.3 Å². The molecule has 2 aromatic heterocycles. The van der Waals surface area contributed by atoms with E-state index in [0.717, 1.165) is 0 Å². The second-order valence-electron chi connectivity index (χ2n) is 4.06. The second-order valence-corrected chi connectivity index (χ2v) is 4.06. The Kier molecular flexibility index (Phi) is 2.72. The van der Waals surface area contributed by atoms with Crippen molar-refractivity contribution in [2.45, 2.75) is 0 Å². The van der Waals surface area contributed by atoms with E-state index < -0.39 is 5.97 Å². The number of furan rings is 1. The van der Waals surface area contributed by atoms with Gasteiger partial charge in [0.25, 0.3) is 0 Å². The van der Waals surface area contributed by atoms with E-state index >= 15 is 0 Å². The van der Waals surface area contributed by atoms with Crippen LogP contribution in [0.3, 0.4) is 0 Å². The van der Waals surface area contributed by atoms with Crippen LogP contribution < -0.4 is 5.73 Å². The first kappa shape index (κ1) is 12.0. The fourth-order valence-corrected chi connectivity index (χ4v) is 1.81. The van der Waals surface area contributed by atoms with Crippen molar-refractivity contribution >= 4 is 11.8 Å². The summed E-state index contributed by atoms with van der Waals surface area (Å²) in [6, 6.07) is 9.64. The van der Waals surface area contributed by atoms with Crippen molar-refractivity contribution in [2.24, 2.45) is 0 Å². The van der Waals surface area contributed by atoms with E-state index in [-0.39, 0.29) is 5.56 Å². The average molecular weight is 270 g/mol. The average Bonchev–Trinajstić information content (AvgIpc) is 3.08. The molecule has 7 nitrogen and oxygen atoms in total. The smallest absolute Gasteiger partial charge is 0.335 e. The van der Waals surface area contributed by atoms with Crippen LogP contribution in [0.25, 0.3) is 17.1 Å². The van der Waals surface area contributed by atoms with E-state index in [9.17, 15) is 4.79 Å². The SMILES string of the molecule is Nc1c(-c2ccco2)nnn1-c1ccc(C(=O)O)cc1. The van der Waals surface area contributed by atoms with Gasteiger partial charge in [0.2, 0.25) is 0 Å². The minimum atomic E-state index is -0.987. The number of anilines is 1. The van der Waals surface area contributed by atoms with Crippen LogP contribution >= 0.6 is 0 Å². The largest absolute Gasteiger partial charge is 0.478 e. The molecule has 0 amide bonds. The van der Waals surface area contributed by atoms with Crippen molar-refractivity contribution < 1.29 is 14.3 Å². The molecule has 0 aliphatic heterocycles. The molecule has 0 unspecified atom stereocenters. The summed E-state index contributed by atoms with van der Waals surface area (Å²) in [6.45, 7) is 0. The van der Waals surface area contributed by atoms with Gasteiger partial charge in [-0.1, -0.05) is 5.21 Å². The first-order valence-corrected chi connectivity index (χ1v) is 5.75. The minimum Gasteiger partial charge on any atom is -0.478 e. The van der Waals surface area contributed by atoms with Gasteiger partial charge in [-0.2, -0.15) is 4.68 Å². The summed E-state index contributed by atoms with van der Waals surface area (Å²) in [4.78, 5) is 10.8. The highest BCUT2D eigenvalue weighted by Gasteiger charge is 2.15. The maximum Gasteiger partial charge on any atom is 0.335 e. The number of rotatable bonds is 3. The topological polar surface area (TPSA) is 107 Å². The number of carboxylic acid groups (broad SMARTS) is 1. The molecule has 100 valence electrons. The number of benzene rings is 1. The Balaban J connectivity index is 2.01. The predicted octanol–water partition coefficient (Wildman–Crippen LogP) is 1.81. The molecule has 0 spiro atoms. The first-order chi connectivity index (χ1) is 9.66. The summed E-state index contributed by atoms with van der Waals surface area (Å²) in [5.41, 5.74) is 7.24. The lowest BCUT2D eigenvalue weighted by molar-refractivity contribution is 0.0697. The molecule has 0 bridgehead atoms. The fraction of sp³-hybridized carbons (Fsp3) is 0. The van der Waals surface area contributed by atoms with E-state index in [4.69, 9.17) is 15.3 Å². The summed E-state index contributed by atoms with van der Waals surface area (Å²) in [6.07, 6.45) is 1.52. The van der Waals surface area contributed by atoms with Crippen molar-refractivity contribution in [3.05, 3.63) is 48.2 Å². The number of nitrogen functional groups attached to an aromatic ring is 1. The van der Waals surface area contributed by atoms with E-state index in [0.29, 0.717) is 23.0 Å². The number of nitrogens with two attached hydrogens (primary N) is 1. The molecule has 3 N–H and O–H groups in total. The van der Waals surface area contributed by atoms with Gasteiger partial charge in [-0.15, -0.1) is 5.10 Å². The molecule has 0 saturated heterocycles. The van der Waals surface area contributed by atoms with Gasteiger partial charge >= 0.3 is 5.97 Å². The van der Waals surface area contributed by atoms with Crippen LogP contribution in [0.2, 0.25) is 0 Å². The van der Waals surface area contributed by atoms with Crippen LogP contribution in [0.5, 0.6) is 0 Å². The molecule has 1 aromatic carbocycles. The molecule has 0 aliphatic rings. The van der Waals surface area contributed by atoms with Gasteiger partial charge in [0.15, 0.2) is 17.3 Å². The van der Waals surface area contributed by atoms with Crippen molar-refractivity contribution in [3.8, 4) is 17.1 Å². The maximum absolute atomic E-state index is 10.8. The standard InChI is InChI=1S/C13H10N4O3/c14-12-11(10-2-1-7-20-10)15-16-17(12)9-5-3-8(4-6-9)13(18)19/h1-7H,14H2,(H,18,19). The molecule has 3 rings (SSSR count). The maximum atomic E-state index is 10.8. The molecule has 2 heterocycles. The third kappa shape index (κ3) is 1.91. The van der Waals surface area contributed by atoms with E-state index in [1.807, 2.05) is 0 Å². The van der Waals surface area contributed by atoms with Crippen LogP contribution in [0, 0.1) is 0 Å². The molecular formula is C13H10N4O3. The van der Waals surface area contributed by atoms with Crippen LogP contribution in [0.4, 0.5) is 5.82 Å². The van der Waals surface area contributed by atoms with E-state index in [1.165, 1.54) is 23.1 Å². The van der Waals surface area contributed by atoms with Crippen LogP contribution in [-0.2, 0) is 0 Å². The lowest BCUT2D eigenvalue weighted by Gasteiger charge is -2.03. The molecule has 0 aliphatic carbocycles. The molecular weight excluding hydrogens is 260 g/mol. The Morgan fingerprint density at radius 2 is 2.00 bits per heavy atom. The van der Waals surface area contributed by atoms with Gasteiger partial charge in [0.1, 0.15) is 0 Å². The highest BCUT2D eigenvalue weighted by atomic mass is 16.4. The lowest BCUT2D eigenvalue weighted by atomic mass is 10.2. The minimum absolute atomic E-state index is 0.193. The molecule has 3 aromatic rings. The molecule has 0 atom stereocenters. The Morgan fingerprint density at radius 3 is 2.60 bits per heavy atom. The van der Waals surface area contributed by atoms with Gasteiger partial charge in [-0.25, -0.2) is 4.79 Å². The molecule has 0 fully saturated rings. The number of aromatic carboxylic acids is 1. The Labute approximate surface area is 113 Å². The predicted molar refractivity (Wildman–Crippen MR) is 70.4 cm³/mol. The highest BCUT2D eigenvalue weighted by Crippen LogP contribution is 2.25. The van der Waals surface area contributed by atoms with Gasteiger partial charge in [-0.3, -0.25) is 0 Å². The molecule has 0 radical (unpaired) electrons.